The standard InChI is InChI=1S/C27H35N3O2/c1-2-17-11-18-12-21(16-27(32,14-17)15-18)25(26(31)30-10-9-20-13-23(20)30)29-24-8-7-19-5-3-4-6-22(19)28-24/h3-8,17-18,20-21,23,25,32H,2,9-16H2,1H3,(H,28,29). The fraction of sp³-hybridized carbons (Fsp3) is 0.630. The normalized spacial score (nSPS) is 36.6. The van der Waals surface area contributed by atoms with Crippen molar-refractivity contribution in [1.82, 2.24) is 9.88 Å². The molecule has 1 aromatic heterocycles. The van der Waals surface area contributed by atoms with Gasteiger partial charge in [-0.3, -0.25) is 4.79 Å². The van der Waals surface area contributed by atoms with Gasteiger partial charge in [0.05, 0.1) is 11.1 Å². The van der Waals surface area contributed by atoms with E-state index in [2.05, 4.69) is 29.3 Å². The van der Waals surface area contributed by atoms with Crippen LogP contribution in [0.25, 0.3) is 10.9 Å². The highest BCUT2D eigenvalue weighted by Crippen LogP contribution is 2.50. The third-order valence-electron chi connectivity index (χ3n) is 8.81. The molecule has 2 heterocycles. The molecule has 7 unspecified atom stereocenters. The zero-order valence-electron chi connectivity index (χ0n) is 19.0. The number of nitrogens with one attached hydrogen (secondary N) is 1. The summed E-state index contributed by atoms with van der Waals surface area (Å²) in [5.41, 5.74) is 0.327. The highest BCUT2D eigenvalue weighted by molar-refractivity contribution is 5.87. The Morgan fingerprint density at radius 1 is 1.19 bits per heavy atom. The molecule has 2 N–H and O–H groups in total. The number of carbonyl (C=O) groups excluding carboxylic acids is 1. The van der Waals surface area contributed by atoms with Gasteiger partial charge in [0.2, 0.25) is 5.91 Å². The third kappa shape index (κ3) is 3.68. The van der Waals surface area contributed by atoms with Gasteiger partial charge < -0.3 is 15.3 Å². The molecule has 7 atom stereocenters. The highest BCUT2D eigenvalue weighted by Gasteiger charge is 2.53. The summed E-state index contributed by atoms with van der Waals surface area (Å²) < 4.78 is 0. The molecule has 6 rings (SSSR count). The van der Waals surface area contributed by atoms with Crippen molar-refractivity contribution in [2.45, 2.75) is 76.0 Å². The minimum Gasteiger partial charge on any atom is -0.390 e. The predicted molar refractivity (Wildman–Crippen MR) is 126 cm³/mol. The summed E-state index contributed by atoms with van der Waals surface area (Å²) in [5, 5.41) is 16.1. The van der Waals surface area contributed by atoms with E-state index in [0.29, 0.717) is 17.9 Å². The molecule has 3 saturated carbocycles. The highest BCUT2D eigenvalue weighted by atomic mass is 16.3. The van der Waals surface area contributed by atoms with E-state index in [4.69, 9.17) is 4.98 Å². The fourth-order valence-corrected chi connectivity index (χ4v) is 7.24. The Balaban J connectivity index is 1.29. The molecule has 5 nitrogen and oxygen atoms in total. The summed E-state index contributed by atoms with van der Waals surface area (Å²) in [6.45, 7) is 3.13. The van der Waals surface area contributed by atoms with E-state index in [9.17, 15) is 9.90 Å². The summed E-state index contributed by atoms with van der Waals surface area (Å²) in [5.74, 6) is 3.00. The van der Waals surface area contributed by atoms with Crippen LogP contribution in [0.1, 0.15) is 58.3 Å². The summed E-state index contributed by atoms with van der Waals surface area (Å²) in [7, 11) is 0. The van der Waals surface area contributed by atoms with Crippen molar-refractivity contribution < 1.29 is 9.90 Å². The first-order valence-electron chi connectivity index (χ1n) is 12.7. The van der Waals surface area contributed by atoms with Crippen molar-refractivity contribution in [3.8, 4) is 0 Å². The molecule has 0 radical (unpaired) electrons. The van der Waals surface area contributed by atoms with Gasteiger partial charge in [-0.1, -0.05) is 31.5 Å². The van der Waals surface area contributed by atoms with Crippen LogP contribution in [0.4, 0.5) is 5.82 Å². The molecular weight excluding hydrogens is 398 g/mol. The molecule has 3 aliphatic carbocycles. The second kappa shape index (κ2) is 7.72. The summed E-state index contributed by atoms with van der Waals surface area (Å²) in [6.07, 6.45) is 8.19. The van der Waals surface area contributed by atoms with Crippen LogP contribution in [0.3, 0.4) is 0 Å². The number of anilines is 1. The zero-order chi connectivity index (χ0) is 21.9. The molecule has 1 amide bonds. The number of pyridine rings is 1. The smallest absolute Gasteiger partial charge is 0.245 e. The number of hydrogen-bond acceptors (Lipinski definition) is 4. The van der Waals surface area contributed by atoms with Gasteiger partial charge in [-0.15, -0.1) is 0 Å². The number of aliphatic hydroxyl groups is 1. The second-order valence-corrected chi connectivity index (χ2v) is 11.1. The number of nitrogens with zero attached hydrogens (tertiary/aromatic N) is 2. The maximum absolute atomic E-state index is 13.8. The van der Waals surface area contributed by atoms with E-state index in [0.717, 1.165) is 67.7 Å². The lowest BCUT2D eigenvalue weighted by Gasteiger charge is -2.49. The van der Waals surface area contributed by atoms with Crippen LogP contribution in [0.5, 0.6) is 0 Å². The van der Waals surface area contributed by atoms with Crippen LogP contribution in [-0.2, 0) is 4.79 Å². The van der Waals surface area contributed by atoms with Crippen molar-refractivity contribution in [2.24, 2.45) is 23.7 Å². The average molecular weight is 434 g/mol. The van der Waals surface area contributed by atoms with Gasteiger partial charge in [-0.2, -0.15) is 0 Å². The number of benzene rings is 1. The van der Waals surface area contributed by atoms with Gasteiger partial charge in [-0.25, -0.2) is 4.98 Å². The monoisotopic (exact) mass is 433 g/mol. The molecule has 32 heavy (non-hydrogen) atoms. The Labute approximate surface area is 190 Å². The van der Waals surface area contributed by atoms with Crippen LogP contribution < -0.4 is 5.32 Å². The molecule has 170 valence electrons. The number of rotatable bonds is 5. The number of carbonyl (C=O) groups is 1. The fourth-order valence-electron chi connectivity index (χ4n) is 7.24. The second-order valence-electron chi connectivity index (χ2n) is 11.1. The Morgan fingerprint density at radius 3 is 2.81 bits per heavy atom. The van der Waals surface area contributed by atoms with Crippen LogP contribution in [-0.4, -0.2) is 45.1 Å². The van der Waals surface area contributed by atoms with Crippen molar-refractivity contribution in [2.75, 3.05) is 11.9 Å². The van der Waals surface area contributed by atoms with E-state index >= 15 is 0 Å². The van der Waals surface area contributed by atoms with Crippen LogP contribution in [0.15, 0.2) is 36.4 Å². The van der Waals surface area contributed by atoms with E-state index < -0.39 is 5.60 Å². The largest absolute Gasteiger partial charge is 0.390 e. The predicted octanol–water partition coefficient (Wildman–Crippen LogP) is 4.60. The summed E-state index contributed by atoms with van der Waals surface area (Å²) in [4.78, 5) is 20.8. The molecule has 4 fully saturated rings. The van der Waals surface area contributed by atoms with Crippen molar-refractivity contribution in [3.05, 3.63) is 36.4 Å². The van der Waals surface area contributed by atoms with Gasteiger partial charge in [0, 0.05) is 18.0 Å². The SMILES string of the molecule is CCC1CC2CC(C(Nc3ccc4ccccc4n3)C(=O)N3CCC4CC43)CC(O)(C1)C2. The molecule has 1 saturated heterocycles. The first kappa shape index (κ1) is 20.5. The molecule has 5 heteroatoms. The van der Waals surface area contributed by atoms with Crippen molar-refractivity contribution in [1.29, 1.82) is 0 Å². The van der Waals surface area contributed by atoms with Gasteiger partial charge in [0.1, 0.15) is 11.9 Å². The van der Waals surface area contributed by atoms with E-state index in [1.54, 1.807) is 0 Å². The molecule has 2 bridgehead atoms. The number of hydrogen-bond donors (Lipinski definition) is 2. The minimum absolute atomic E-state index is 0.148. The minimum atomic E-state index is -0.614. The molecule has 1 aromatic carbocycles. The molecular formula is C27H35N3O2. The van der Waals surface area contributed by atoms with Crippen molar-refractivity contribution >= 4 is 22.6 Å². The molecule has 0 spiro atoms. The molecule has 2 aromatic rings. The van der Waals surface area contributed by atoms with Gasteiger partial charge in [0.15, 0.2) is 0 Å². The first-order valence-corrected chi connectivity index (χ1v) is 12.7. The Bertz CT molecular complexity index is 1020. The zero-order valence-corrected chi connectivity index (χ0v) is 19.0. The lowest BCUT2D eigenvalue weighted by molar-refractivity contribution is -0.136. The van der Waals surface area contributed by atoms with Crippen LogP contribution in [0.2, 0.25) is 0 Å². The van der Waals surface area contributed by atoms with E-state index in [1.807, 2.05) is 24.3 Å². The van der Waals surface area contributed by atoms with Gasteiger partial charge >= 0.3 is 0 Å². The van der Waals surface area contributed by atoms with E-state index in [-0.39, 0.29) is 17.9 Å². The topological polar surface area (TPSA) is 65.5 Å². The Morgan fingerprint density at radius 2 is 2.06 bits per heavy atom. The number of aromatic nitrogens is 1. The molecule has 1 aliphatic heterocycles. The number of amides is 1. The Hall–Kier alpha value is -2.14. The van der Waals surface area contributed by atoms with Crippen LogP contribution >= 0.6 is 0 Å². The number of likely N-dealkylation sites (tertiary alicyclic amines) is 1. The number of para-hydroxylation sites is 1. The maximum Gasteiger partial charge on any atom is 0.245 e. The first-order chi connectivity index (χ1) is 15.5. The van der Waals surface area contributed by atoms with Gasteiger partial charge in [0.25, 0.3) is 0 Å². The van der Waals surface area contributed by atoms with Crippen LogP contribution in [0, 0.1) is 23.7 Å². The summed E-state index contributed by atoms with van der Waals surface area (Å²) >= 11 is 0. The maximum atomic E-state index is 13.8. The number of piperidine rings is 1. The number of fused-ring (bicyclic) bond motifs is 4. The lowest BCUT2D eigenvalue weighted by Crippen LogP contribution is -2.53. The van der Waals surface area contributed by atoms with Gasteiger partial charge in [-0.05, 0) is 86.8 Å². The molecule has 4 aliphatic rings. The third-order valence-corrected chi connectivity index (χ3v) is 8.81. The average Bonchev–Trinajstić information content (AvgIpc) is 3.44. The van der Waals surface area contributed by atoms with E-state index in [1.165, 1.54) is 12.8 Å². The quantitative estimate of drug-likeness (QED) is 0.723. The lowest BCUT2D eigenvalue weighted by atomic mass is 9.60. The summed E-state index contributed by atoms with van der Waals surface area (Å²) in [6, 6.07) is 12.3. The Kier molecular flexibility index (Phi) is 4.94. The van der Waals surface area contributed by atoms with Crippen molar-refractivity contribution in [3.63, 3.8) is 0 Å².